The normalized spacial score (nSPS) is 34.0. The van der Waals surface area contributed by atoms with Gasteiger partial charge in [-0.1, -0.05) is 13.3 Å². The van der Waals surface area contributed by atoms with Crippen molar-refractivity contribution >= 4 is 10.0 Å². The molecule has 0 radical (unpaired) electrons. The molecule has 0 spiro atoms. The maximum absolute atomic E-state index is 13.0. The second-order valence-electron chi connectivity index (χ2n) is 7.41. The molecule has 22 heavy (non-hydrogen) atoms. The molecule has 3 fully saturated rings. The number of hydrogen-bond acceptors (Lipinski definition) is 3. The van der Waals surface area contributed by atoms with Gasteiger partial charge in [0.2, 0.25) is 10.0 Å². The molecule has 1 saturated heterocycles. The van der Waals surface area contributed by atoms with Crippen LogP contribution in [0.3, 0.4) is 0 Å². The Kier molecular flexibility index (Phi) is 5.46. The van der Waals surface area contributed by atoms with Gasteiger partial charge in [-0.25, -0.2) is 8.42 Å². The van der Waals surface area contributed by atoms with E-state index in [1.807, 2.05) is 4.31 Å². The summed E-state index contributed by atoms with van der Waals surface area (Å²) in [6.45, 7) is 2.98. The number of nitrogens with zero attached hydrogens (tertiary/aromatic N) is 1. The smallest absolute Gasteiger partial charge is 0.217 e. The molecule has 1 unspecified atom stereocenters. The number of hydrogen-bond donors (Lipinski definition) is 0. The highest BCUT2D eigenvalue weighted by molar-refractivity contribution is 7.89. The first-order valence-corrected chi connectivity index (χ1v) is 10.8. The molecule has 5 heteroatoms. The summed E-state index contributed by atoms with van der Waals surface area (Å²) in [5.74, 6) is 1.01. The van der Waals surface area contributed by atoms with Crippen molar-refractivity contribution in [2.75, 3.05) is 12.4 Å². The summed E-state index contributed by atoms with van der Waals surface area (Å²) in [6, 6.07) is 0.542. The second-order valence-corrected chi connectivity index (χ2v) is 9.33. The maximum atomic E-state index is 13.0. The van der Waals surface area contributed by atoms with Crippen LogP contribution in [0.15, 0.2) is 0 Å². The Bertz CT molecular complexity index is 447. The molecule has 0 aromatic carbocycles. The first-order chi connectivity index (χ1) is 10.6. The molecule has 0 bridgehead atoms. The van der Waals surface area contributed by atoms with Crippen molar-refractivity contribution in [1.82, 2.24) is 4.31 Å². The van der Waals surface area contributed by atoms with Gasteiger partial charge in [0.25, 0.3) is 0 Å². The van der Waals surface area contributed by atoms with Gasteiger partial charge in [-0.05, 0) is 63.7 Å². The monoisotopic (exact) mass is 329 g/mol. The molecular weight excluding hydrogens is 298 g/mol. The molecular formula is C17H31NO3S. The van der Waals surface area contributed by atoms with E-state index in [-0.39, 0.29) is 23.9 Å². The van der Waals surface area contributed by atoms with Gasteiger partial charge in [0.15, 0.2) is 0 Å². The predicted molar refractivity (Wildman–Crippen MR) is 88.3 cm³/mol. The quantitative estimate of drug-likeness (QED) is 0.751. The predicted octanol–water partition coefficient (Wildman–Crippen LogP) is 3.32. The fourth-order valence-corrected chi connectivity index (χ4v) is 6.38. The molecule has 1 heterocycles. The minimum atomic E-state index is -3.17. The van der Waals surface area contributed by atoms with E-state index in [9.17, 15) is 8.42 Å². The van der Waals surface area contributed by atoms with E-state index in [4.69, 9.17) is 4.74 Å². The number of sulfonamides is 1. The zero-order valence-corrected chi connectivity index (χ0v) is 14.7. The highest BCUT2D eigenvalue weighted by Gasteiger charge is 2.43. The van der Waals surface area contributed by atoms with Crippen molar-refractivity contribution < 1.29 is 13.2 Å². The summed E-state index contributed by atoms with van der Waals surface area (Å²) in [5.41, 5.74) is 0. The topological polar surface area (TPSA) is 46.6 Å². The zero-order valence-electron chi connectivity index (χ0n) is 13.9. The lowest BCUT2D eigenvalue weighted by Crippen LogP contribution is -2.47. The lowest BCUT2D eigenvalue weighted by Gasteiger charge is -2.37. The molecule has 4 nitrogen and oxygen atoms in total. The van der Waals surface area contributed by atoms with E-state index in [1.54, 1.807) is 0 Å². The van der Waals surface area contributed by atoms with Gasteiger partial charge >= 0.3 is 0 Å². The van der Waals surface area contributed by atoms with Crippen LogP contribution in [0.5, 0.6) is 0 Å². The Balaban J connectivity index is 1.64. The van der Waals surface area contributed by atoms with E-state index in [1.165, 1.54) is 19.3 Å². The van der Waals surface area contributed by atoms with Gasteiger partial charge in [0.1, 0.15) is 0 Å². The zero-order chi connectivity index (χ0) is 15.6. The van der Waals surface area contributed by atoms with Gasteiger partial charge < -0.3 is 4.74 Å². The second kappa shape index (κ2) is 7.18. The summed E-state index contributed by atoms with van der Waals surface area (Å²) >= 11 is 0. The van der Waals surface area contributed by atoms with E-state index in [0.29, 0.717) is 0 Å². The standard InChI is InChI=1S/C17H31NO3S/c1-2-14-6-8-15(9-7-14)18(16-10-11-16)22(19,20)13-17-5-3-4-12-21-17/h14-17H,2-13H2,1H3. The minimum Gasteiger partial charge on any atom is -0.377 e. The fourth-order valence-electron chi connectivity index (χ4n) is 4.15. The van der Waals surface area contributed by atoms with Crippen LogP contribution in [-0.4, -0.2) is 43.3 Å². The summed E-state index contributed by atoms with van der Waals surface area (Å²) in [4.78, 5) is 0. The van der Waals surface area contributed by atoms with Crippen LogP contribution >= 0.6 is 0 Å². The largest absolute Gasteiger partial charge is 0.377 e. The Morgan fingerprint density at radius 1 is 0.955 bits per heavy atom. The van der Waals surface area contributed by atoms with Gasteiger partial charge in [0.05, 0.1) is 11.9 Å². The number of rotatable bonds is 6. The third-order valence-corrected chi connectivity index (χ3v) is 7.68. The first kappa shape index (κ1) is 16.7. The van der Waals surface area contributed by atoms with Crippen molar-refractivity contribution in [2.24, 2.45) is 5.92 Å². The van der Waals surface area contributed by atoms with Crippen LogP contribution in [0, 0.1) is 5.92 Å². The molecule has 0 aromatic rings. The third kappa shape index (κ3) is 4.04. The van der Waals surface area contributed by atoms with Crippen LogP contribution in [0.2, 0.25) is 0 Å². The Labute approximate surface area is 135 Å². The Hall–Kier alpha value is -0.130. The van der Waals surface area contributed by atoms with E-state index >= 15 is 0 Å². The summed E-state index contributed by atoms with van der Waals surface area (Å²) in [5, 5.41) is 0. The average Bonchev–Trinajstić information content (AvgIpc) is 3.33. The molecule has 2 saturated carbocycles. The van der Waals surface area contributed by atoms with Crippen LogP contribution < -0.4 is 0 Å². The van der Waals surface area contributed by atoms with E-state index < -0.39 is 10.0 Å². The van der Waals surface area contributed by atoms with Crippen molar-refractivity contribution in [1.29, 1.82) is 0 Å². The Morgan fingerprint density at radius 2 is 1.59 bits per heavy atom. The van der Waals surface area contributed by atoms with Crippen molar-refractivity contribution in [3.8, 4) is 0 Å². The third-order valence-electron chi connectivity index (χ3n) is 5.65. The van der Waals surface area contributed by atoms with E-state index in [0.717, 1.165) is 57.5 Å². The fraction of sp³-hybridized carbons (Fsp3) is 1.00. The molecule has 0 amide bonds. The Morgan fingerprint density at radius 3 is 2.09 bits per heavy atom. The molecule has 0 N–H and O–H groups in total. The van der Waals surface area contributed by atoms with E-state index in [2.05, 4.69) is 6.92 Å². The van der Waals surface area contributed by atoms with Crippen molar-refractivity contribution in [2.45, 2.75) is 89.3 Å². The molecule has 2 aliphatic carbocycles. The number of ether oxygens (including phenoxy) is 1. The highest BCUT2D eigenvalue weighted by atomic mass is 32.2. The molecule has 3 aliphatic rings. The van der Waals surface area contributed by atoms with Crippen LogP contribution in [-0.2, 0) is 14.8 Å². The summed E-state index contributed by atoms with van der Waals surface area (Å²) in [7, 11) is -3.17. The summed E-state index contributed by atoms with van der Waals surface area (Å²) < 4.78 is 33.5. The molecule has 1 atom stereocenters. The van der Waals surface area contributed by atoms with Gasteiger partial charge in [-0.2, -0.15) is 4.31 Å². The molecule has 128 valence electrons. The first-order valence-electron chi connectivity index (χ1n) is 9.23. The average molecular weight is 330 g/mol. The molecule has 3 rings (SSSR count). The van der Waals surface area contributed by atoms with Crippen LogP contribution in [0.1, 0.15) is 71.1 Å². The van der Waals surface area contributed by atoms with Crippen LogP contribution in [0.4, 0.5) is 0 Å². The lowest BCUT2D eigenvalue weighted by molar-refractivity contribution is 0.0295. The molecule has 0 aromatic heterocycles. The van der Waals surface area contributed by atoms with Crippen molar-refractivity contribution in [3.63, 3.8) is 0 Å². The highest BCUT2D eigenvalue weighted by Crippen LogP contribution is 2.38. The van der Waals surface area contributed by atoms with Crippen LogP contribution in [0.25, 0.3) is 0 Å². The van der Waals surface area contributed by atoms with Gasteiger partial charge in [0, 0.05) is 18.7 Å². The minimum absolute atomic E-state index is 0.0769. The van der Waals surface area contributed by atoms with Gasteiger partial charge in [-0.15, -0.1) is 0 Å². The van der Waals surface area contributed by atoms with Crippen molar-refractivity contribution in [3.05, 3.63) is 0 Å². The molecule has 1 aliphatic heterocycles. The van der Waals surface area contributed by atoms with Gasteiger partial charge in [-0.3, -0.25) is 0 Å². The lowest BCUT2D eigenvalue weighted by atomic mass is 9.84. The summed E-state index contributed by atoms with van der Waals surface area (Å²) in [6.07, 6.45) is 10.8. The SMILES string of the molecule is CCC1CCC(N(C2CC2)S(=O)(=O)CC2CCCCO2)CC1. The maximum Gasteiger partial charge on any atom is 0.217 e.